The van der Waals surface area contributed by atoms with Gasteiger partial charge in [-0.1, -0.05) is 6.07 Å². The lowest BCUT2D eigenvalue weighted by molar-refractivity contribution is 0.0450. The second-order valence-corrected chi connectivity index (χ2v) is 5.55. The first kappa shape index (κ1) is 18.8. The largest absolute Gasteiger partial charge is 0.462 e. The lowest BCUT2D eigenvalue weighted by Gasteiger charge is -2.17. The molecule has 140 valence electrons. The van der Waals surface area contributed by atoms with Crippen LogP contribution in [0.25, 0.3) is 11.1 Å². The van der Waals surface area contributed by atoms with Crippen molar-refractivity contribution in [2.75, 3.05) is 13.9 Å². The molecule has 0 bridgehead atoms. The highest BCUT2D eigenvalue weighted by molar-refractivity contribution is 5.64. The van der Waals surface area contributed by atoms with Crippen LogP contribution in [0, 0.1) is 17.7 Å². The Hall–Kier alpha value is -2.97. The Bertz CT molecular complexity index is 953. The van der Waals surface area contributed by atoms with E-state index in [1.165, 1.54) is 43.6 Å². The van der Waals surface area contributed by atoms with Gasteiger partial charge in [-0.05, 0) is 35.9 Å². The highest BCUT2D eigenvalue weighted by Gasteiger charge is 2.23. The third-order valence-electron chi connectivity index (χ3n) is 3.87. The van der Waals surface area contributed by atoms with Crippen LogP contribution in [0.4, 0.5) is 13.2 Å². The average molecular weight is 376 g/mol. The Morgan fingerprint density at radius 3 is 2.52 bits per heavy atom. The molecule has 0 radical (unpaired) electrons. The van der Waals surface area contributed by atoms with Crippen LogP contribution in [0.1, 0.15) is 17.2 Å². The topological polar surface area (TPSA) is 64.5 Å². The molecule has 1 N–H and O–H groups in total. The first-order chi connectivity index (χ1) is 13.0. The van der Waals surface area contributed by atoms with E-state index < -0.39 is 23.8 Å². The van der Waals surface area contributed by atoms with Crippen LogP contribution >= 0.6 is 0 Å². The van der Waals surface area contributed by atoms with E-state index in [2.05, 4.69) is 9.97 Å². The molecule has 5 nitrogen and oxygen atoms in total. The van der Waals surface area contributed by atoms with Crippen molar-refractivity contribution in [1.82, 2.24) is 9.97 Å². The molecule has 0 aliphatic carbocycles. The summed E-state index contributed by atoms with van der Waals surface area (Å²) < 4.78 is 52.1. The van der Waals surface area contributed by atoms with Crippen LogP contribution in [0.5, 0.6) is 5.75 Å². The van der Waals surface area contributed by atoms with Gasteiger partial charge in [0.1, 0.15) is 11.9 Å². The van der Waals surface area contributed by atoms with Crippen LogP contribution in [-0.4, -0.2) is 29.0 Å². The van der Waals surface area contributed by atoms with Crippen LogP contribution in [0.3, 0.4) is 0 Å². The summed E-state index contributed by atoms with van der Waals surface area (Å²) in [7, 11) is 1.34. The van der Waals surface area contributed by atoms with Crippen molar-refractivity contribution in [3.05, 3.63) is 77.6 Å². The molecule has 1 unspecified atom stereocenters. The quantitative estimate of drug-likeness (QED) is 0.526. The Morgan fingerprint density at radius 1 is 1.00 bits per heavy atom. The number of hydrogen-bond donors (Lipinski definition) is 1. The minimum atomic E-state index is -1.57. The number of aromatic nitrogens is 2. The molecule has 3 rings (SSSR count). The van der Waals surface area contributed by atoms with E-state index >= 15 is 0 Å². The zero-order valence-corrected chi connectivity index (χ0v) is 14.2. The molecule has 1 atom stereocenters. The Kier molecular flexibility index (Phi) is 5.68. The molecule has 0 spiro atoms. The van der Waals surface area contributed by atoms with Crippen molar-refractivity contribution in [2.45, 2.75) is 6.10 Å². The number of methoxy groups -OCH3 is 1. The van der Waals surface area contributed by atoms with Crippen LogP contribution in [-0.2, 0) is 4.74 Å². The molecular formula is C19H15F3N2O3. The fourth-order valence-electron chi connectivity index (χ4n) is 2.60. The lowest BCUT2D eigenvalue weighted by atomic mass is 9.97. The van der Waals surface area contributed by atoms with Gasteiger partial charge in [-0.2, -0.15) is 8.78 Å². The molecule has 0 aliphatic rings. The SMILES string of the molecule is COCOc1c(C(O)c2cc(-c3cccnc3F)ccc2F)ccnc1F. The average Bonchev–Trinajstić information content (AvgIpc) is 2.67. The molecule has 8 heteroatoms. The summed E-state index contributed by atoms with van der Waals surface area (Å²) >= 11 is 0. The molecular weight excluding hydrogens is 361 g/mol. The molecule has 2 heterocycles. The summed E-state index contributed by atoms with van der Waals surface area (Å²) in [4.78, 5) is 7.01. The molecule has 0 aliphatic heterocycles. The number of hydrogen-bond acceptors (Lipinski definition) is 5. The van der Waals surface area contributed by atoms with Crippen LogP contribution in [0.15, 0.2) is 48.8 Å². The minimum absolute atomic E-state index is 0.0396. The second-order valence-electron chi connectivity index (χ2n) is 5.55. The normalized spacial score (nSPS) is 12.0. The van der Waals surface area contributed by atoms with E-state index in [0.717, 1.165) is 12.3 Å². The van der Waals surface area contributed by atoms with Crippen molar-refractivity contribution >= 4 is 0 Å². The fourth-order valence-corrected chi connectivity index (χ4v) is 2.60. The maximum Gasteiger partial charge on any atom is 0.255 e. The third-order valence-corrected chi connectivity index (χ3v) is 3.87. The Balaban J connectivity index is 2.06. The highest BCUT2D eigenvalue weighted by atomic mass is 19.1. The number of nitrogens with zero attached hydrogens (tertiary/aromatic N) is 2. The number of pyridine rings is 2. The summed E-state index contributed by atoms with van der Waals surface area (Å²) in [5, 5.41) is 10.7. The Labute approximate surface area is 153 Å². The number of aliphatic hydroxyl groups excluding tert-OH is 1. The number of aliphatic hydroxyl groups is 1. The maximum atomic E-state index is 14.4. The molecule has 0 fully saturated rings. The molecule has 3 aromatic rings. The molecule has 0 saturated heterocycles. The highest BCUT2D eigenvalue weighted by Crippen LogP contribution is 2.34. The summed E-state index contributed by atoms with van der Waals surface area (Å²) in [6, 6.07) is 8.04. The molecule has 2 aromatic heterocycles. The number of rotatable bonds is 6. The van der Waals surface area contributed by atoms with Crippen molar-refractivity contribution in [2.24, 2.45) is 0 Å². The van der Waals surface area contributed by atoms with E-state index in [0.29, 0.717) is 5.56 Å². The minimum Gasteiger partial charge on any atom is -0.462 e. The molecule has 0 saturated carbocycles. The smallest absolute Gasteiger partial charge is 0.255 e. The fraction of sp³-hybridized carbons (Fsp3) is 0.158. The lowest BCUT2D eigenvalue weighted by Crippen LogP contribution is -2.10. The van der Waals surface area contributed by atoms with Gasteiger partial charge in [0.05, 0.1) is 0 Å². The van der Waals surface area contributed by atoms with Crippen molar-refractivity contribution in [1.29, 1.82) is 0 Å². The number of benzene rings is 1. The van der Waals surface area contributed by atoms with Crippen molar-refractivity contribution in [3.8, 4) is 16.9 Å². The van der Waals surface area contributed by atoms with E-state index in [4.69, 9.17) is 9.47 Å². The van der Waals surface area contributed by atoms with Gasteiger partial charge in [0.25, 0.3) is 5.95 Å². The van der Waals surface area contributed by atoms with Gasteiger partial charge in [0.2, 0.25) is 5.95 Å². The molecule has 27 heavy (non-hydrogen) atoms. The molecule has 0 amide bonds. The van der Waals surface area contributed by atoms with Gasteiger partial charge in [-0.25, -0.2) is 14.4 Å². The van der Waals surface area contributed by atoms with Crippen molar-refractivity contribution in [3.63, 3.8) is 0 Å². The summed E-state index contributed by atoms with van der Waals surface area (Å²) in [5.41, 5.74) is 0.235. The van der Waals surface area contributed by atoms with E-state index in [-0.39, 0.29) is 29.2 Å². The van der Waals surface area contributed by atoms with Crippen molar-refractivity contribution < 1.29 is 27.8 Å². The van der Waals surface area contributed by atoms with E-state index in [1.54, 1.807) is 0 Å². The van der Waals surface area contributed by atoms with Crippen LogP contribution in [0.2, 0.25) is 0 Å². The maximum absolute atomic E-state index is 14.4. The van der Waals surface area contributed by atoms with Gasteiger partial charge in [0, 0.05) is 36.2 Å². The number of ether oxygens (including phenoxy) is 2. The van der Waals surface area contributed by atoms with E-state index in [9.17, 15) is 18.3 Å². The predicted octanol–water partition coefficient (Wildman–Crippen LogP) is 3.63. The van der Waals surface area contributed by atoms with E-state index in [1.807, 2.05) is 0 Å². The van der Waals surface area contributed by atoms with Gasteiger partial charge in [-0.3, -0.25) is 0 Å². The first-order valence-corrected chi connectivity index (χ1v) is 7.87. The van der Waals surface area contributed by atoms with Gasteiger partial charge < -0.3 is 14.6 Å². The van der Waals surface area contributed by atoms with Gasteiger partial charge in [0.15, 0.2) is 12.5 Å². The van der Waals surface area contributed by atoms with Gasteiger partial charge in [-0.15, -0.1) is 0 Å². The second kappa shape index (κ2) is 8.15. The summed E-state index contributed by atoms with van der Waals surface area (Å²) in [5.74, 6) is -2.81. The standard InChI is InChI=1S/C19H15F3N2O3/c1-26-10-27-17-13(6-8-24-19(17)22)16(25)14-9-11(4-5-15(14)20)12-3-2-7-23-18(12)21/h2-9,16,25H,10H2,1H3. The first-order valence-electron chi connectivity index (χ1n) is 7.87. The monoisotopic (exact) mass is 376 g/mol. The zero-order valence-electron chi connectivity index (χ0n) is 14.2. The summed E-state index contributed by atoms with van der Waals surface area (Å²) in [6.07, 6.45) is 0.835. The number of halogens is 3. The van der Waals surface area contributed by atoms with Crippen LogP contribution < -0.4 is 4.74 Å². The summed E-state index contributed by atoms with van der Waals surface area (Å²) in [6.45, 7) is -0.286. The Morgan fingerprint density at radius 2 is 1.78 bits per heavy atom. The predicted molar refractivity (Wildman–Crippen MR) is 90.3 cm³/mol. The van der Waals surface area contributed by atoms with Gasteiger partial charge >= 0.3 is 0 Å². The third kappa shape index (κ3) is 3.91. The zero-order chi connectivity index (χ0) is 19.4. The molecule has 1 aromatic carbocycles.